The summed E-state index contributed by atoms with van der Waals surface area (Å²) in [6, 6.07) is 9.84. The standard InChI is InChI=1S/C20H24N4O2S2/c21-19(17-4-2-11-27-17)22-14-5-6-15-18(13-14)28-12-10-24(15)9-8-23-7-1-3-16(23)20(25)26/h2,4-6,11,13,16H,1,3,7-10,12H2,(H2,21,22)(H,25,26). The number of amidine groups is 1. The Morgan fingerprint density at radius 2 is 2.18 bits per heavy atom. The number of hydrogen-bond donors (Lipinski definition) is 2. The Balaban J connectivity index is 1.46. The molecule has 1 saturated heterocycles. The van der Waals surface area contributed by atoms with Gasteiger partial charge in [0.25, 0.3) is 0 Å². The summed E-state index contributed by atoms with van der Waals surface area (Å²) >= 11 is 3.42. The SMILES string of the molecule is NC(=Nc1ccc2c(c1)SCCN2CCN1CCCC1C(=O)O)c1cccs1. The lowest BCUT2D eigenvalue weighted by Crippen LogP contribution is -2.42. The Morgan fingerprint density at radius 1 is 1.29 bits per heavy atom. The second kappa shape index (κ2) is 8.55. The Bertz CT molecular complexity index is 869. The zero-order chi connectivity index (χ0) is 19.5. The molecule has 3 heterocycles. The maximum Gasteiger partial charge on any atom is 0.320 e. The fraction of sp³-hybridized carbons (Fsp3) is 0.400. The average Bonchev–Trinajstić information content (AvgIpc) is 3.38. The number of hydrogen-bond acceptors (Lipinski definition) is 6. The largest absolute Gasteiger partial charge is 0.480 e. The Hall–Kier alpha value is -2.03. The van der Waals surface area contributed by atoms with Crippen molar-refractivity contribution in [3.05, 3.63) is 40.6 Å². The molecular formula is C20H24N4O2S2. The third-order valence-electron chi connectivity index (χ3n) is 5.23. The molecule has 28 heavy (non-hydrogen) atoms. The highest BCUT2D eigenvalue weighted by Gasteiger charge is 2.30. The molecule has 1 aromatic carbocycles. The first-order valence-corrected chi connectivity index (χ1v) is 11.3. The molecule has 148 valence electrons. The van der Waals surface area contributed by atoms with Gasteiger partial charge in [0.1, 0.15) is 11.9 Å². The minimum Gasteiger partial charge on any atom is -0.480 e. The molecule has 8 heteroatoms. The molecular weight excluding hydrogens is 392 g/mol. The van der Waals surface area contributed by atoms with Crippen molar-refractivity contribution in [2.75, 3.05) is 36.8 Å². The van der Waals surface area contributed by atoms with E-state index >= 15 is 0 Å². The highest BCUT2D eigenvalue weighted by molar-refractivity contribution is 7.99. The first-order valence-electron chi connectivity index (χ1n) is 9.48. The van der Waals surface area contributed by atoms with Crippen molar-refractivity contribution < 1.29 is 9.90 Å². The van der Waals surface area contributed by atoms with Crippen LogP contribution in [-0.2, 0) is 4.79 Å². The summed E-state index contributed by atoms with van der Waals surface area (Å²) in [5.41, 5.74) is 8.19. The van der Waals surface area contributed by atoms with Gasteiger partial charge >= 0.3 is 5.97 Å². The van der Waals surface area contributed by atoms with E-state index in [1.54, 1.807) is 11.3 Å². The molecule has 3 N–H and O–H groups in total. The topological polar surface area (TPSA) is 82.2 Å². The van der Waals surface area contributed by atoms with E-state index in [-0.39, 0.29) is 6.04 Å². The van der Waals surface area contributed by atoms with E-state index in [0.29, 0.717) is 5.84 Å². The Kier molecular flexibility index (Phi) is 5.89. The number of thiophene rings is 1. The molecule has 2 aliphatic heterocycles. The van der Waals surface area contributed by atoms with Crippen molar-refractivity contribution in [2.45, 2.75) is 23.8 Å². The van der Waals surface area contributed by atoms with Gasteiger partial charge in [-0.2, -0.15) is 0 Å². The first-order chi connectivity index (χ1) is 13.6. The van der Waals surface area contributed by atoms with E-state index in [9.17, 15) is 9.90 Å². The van der Waals surface area contributed by atoms with E-state index in [4.69, 9.17) is 5.73 Å². The van der Waals surface area contributed by atoms with Gasteiger partial charge in [-0.1, -0.05) is 6.07 Å². The number of rotatable bonds is 6. The van der Waals surface area contributed by atoms with Crippen LogP contribution in [0.1, 0.15) is 17.7 Å². The molecule has 0 aliphatic carbocycles. The number of anilines is 1. The second-order valence-electron chi connectivity index (χ2n) is 6.99. The van der Waals surface area contributed by atoms with Crippen LogP contribution >= 0.6 is 23.1 Å². The second-order valence-corrected chi connectivity index (χ2v) is 9.08. The molecule has 2 aromatic rings. The average molecular weight is 417 g/mol. The molecule has 0 amide bonds. The van der Waals surface area contributed by atoms with Crippen molar-refractivity contribution in [1.29, 1.82) is 0 Å². The number of likely N-dealkylation sites (tertiary alicyclic amines) is 1. The molecule has 0 spiro atoms. The predicted octanol–water partition coefficient (Wildman–Crippen LogP) is 3.25. The third kappa shape index (κ3) is 4.19. The smallest absolute Gasteiger partial charge is 0.320 e. The number of aliphatic carboxylic acids is 1. The van der Waals surface area contributed by atoms with Crippen LogP contribution in [0.4, 0.5) is 11.4 Å². The van der Waals surface area contributed by atoms with E-state index in [1.165, 1.54) is 10.6 Å². The first kappa shape index (κ1) is 19.3. The van der Waals surface area contributed by atoms with Crippen molar-refractivity contribution >= 4 is 46.3 Å². The highest BCUT2D eigenvalue weighted by Crippen LogP contribution is 2.37. The molecule has 1 unspecified atom stereocenters. The minimum atomic E-state index is -0.696. The molecule has 0 bridgehead atoms. The molecule has 0 saturated carbocycles. The van der Waals surface area contributed by atoms with E-state index in [1.807, 2.05) is 35.3 Å². The van der Waals surface area contributed by atoms with Crippen LogP contribution in [0.3, 0.4) is 0 Å². The van der Waals surface area contributed by atoms with Gasteiger partial charge in [-0.3, -0.25) is 9.69 Å². The van der Waals surface area contributed by atoms with Gasteiger partial charge in [0.2, 0.25) is 0 Å². The number of thioether (sulfide) groups is 1. The van der Waals surface area contributed by atoms with Crippen LogP contribution in [0.2, 0.25) is 0 Å². The maximum absolute atomic E-state index is 11.4. The summed E-state index contributed by atoms with van der Waals surface area (Å²) in [6.45, 7) is 3.48. The predicted molar refractivity (Wildman–Crippen MR) is 116 cm³/mol. The minimum absolute atomic E-state index is 0.324. The number of nitrogens with zero attached hydrogens (tertiary/aromatic N) is 3. The summed E-state index contributed by atoms with van der Waals surface area (Å²) in [5.74, 6) is 0.863. The molecule has 4 rings (SSSR count). The molecule has 1 atom stereocenters. The van der Waals surface area contributed by atoms with Crippen molar-refractivity contribution in [3.63, 3.8) is 0 Å². The summed E-state index contributed by atoms with van der Waals surface area (Å²) < 4.78 is 0. The number of benzene rings is 1. The number of fused-ring (bicyclic) bond motifs is 1. The summed E-state index contributed by atoms with van der Waals surface area (Å²) in [6.07, 6.45) is 1.73. The van der Waals surface area contributed by atoms with Crippen LogP contribution < -0.4 is 10.6 Å². The van der Waals surface area contributed by atoms with Gasteiger partial charge in [-0.05, 0) is 49.0 Å². The highest BCUT2D eigenvalue weighted by atomic mass is 32.2. The molecule has 6 nitrogen and oxygen atoms in total. The van der Waals surface area contributed by atoms with E-state index in [0.717, 1.165) is 55.3 Å². The van der Waals surface area contributed by atoms with Crippen molar-refractivity contribution in [3.8, 4) is 0 Å². The quantitative estimate of drug-likeness (QED) is 0.556. The third-order valence-corrected chi connectivity index (χ3v) is 7.15. The zero-order valence-electron chi connectivity index (χ0n) is 15.6. The lowest BCUT2D eigenvalue weighted by Gasteiger charge is -2.33. The number of nitrogens with two attached hydrogens (primary N) is 1. The van der Waals surface area contributed by atoms with Crippen LogP contribution in [0.15, 0.2) is 45.6 Å². The van der Waals surface area contributed by atoms with Crippen LogP contribution in [0.25, 0.3) is 0 Å². The zero-order valence-corrected chi connectivity index (χ0v) is 17.2. The van der Waals surface area contributed by atoms with Gasteiger partial charge in [0.15, 0.2) is 0 Å². The Labute approximate surface area is 173 Å². The normalized spacial score (nSPS) is 20.4. The van der Waals surface area contributed by atoms with Crippen LogP contribution in [0.5, 0.6) is 0 Å². The van der Waals surface area contributed by atoms with Gasteiger partial charge in [0.05, 0.1) is 16.3 Å². The monoisotopic (exact) mass is 416 g/mol. The summed E-state index contributed by atoms with van der Waals surface area (Å²) in [4.78, 5) is 22.6. The van der Waals surface area contributed by atoms with Crippen molar-refractivity contribution in [2.24, 2.45) is 10.7 Å². The fourth-order valence-corrected chi connectivity index (χ4v) is 5.52. The van der Waals surface area contributed by atoms with Crippen LogP contribution in [0, 0.1) is 0 Å². The van der Waals surface area contributed by atoms with E-state index < -0.39 is 5.97 Å². The summed E-state index contributed by atoms with van der Waals surface area (Å²) in [5, 5.41) is 11.4. The van der Waals surface area contributed by atoms with E-state index in [2.05, 4.69) is 26.9 Å². The van der Waals surface area contributed by atoms with Crippen LogP contribution in [-0.4, -0.2) is 59.8 Å². The van der Waals surface area contributed by atoms with Crippen molar-refractivity contribution in [1.82, 2.24) is 4.90 Å². The molecule has 0 radical (unpaired) electrons. The van der Waals surface area contributed by atoms with Gasteiger partial charge in [-0.25, -0.2) is 4.99 Å². The Morgan fingerprint density at radius 3 is 2.96 bits per heavy atom. The van der Waals surface area contributed by atoms with Gasteiger partial charge < -0.3 is 15.7 Å². The van der Waals surface area contributed by atoms with Gasteiger partial charge in [-0.15, -0.1) is 23.1 Å². The number of carboxylic acids is 1. The maximum atomic E-state index is 11.4. The summed E-state index contributed by atoms with van der Waals surface area (Å²) in [7, 11) is 0. The molecule has 2 aliphatic rings. The number of aliphatic imine (C=N–C) groups is 1. The lowest BCUT2D eigenvalue weighted by atomic mass is 10.2. The fourth-order valence-electron chi connectivity index (χ4n) is 3.81. The number of carbonyl (C=O) groups is 1. The number of carboxylic acid groups (broad SMARTS) is 1. The van der Waals surface area contributed by atoms with Gasteiger partial charge in [0, 0.05) is 30.3 Å². The molecule has 1 fully saturated rings. The lowest BCUT2D eigenvalue weighted by molar-refractivity contribution is -0.142. The molecule has 1 aromatic heterocycles.